The van der Waals surface area contributed by atoms with E-state index in [9.17, 15) is 10.1 Å². The number of hydrogen-bond donors (Lipinski definition) is 1. The van der Waals surface area contributed by atoms with Gasteiger partial charge in [-0.05, 0) is 12.5 Å². The fraction of sp³-hybridized carbons (Fsp3) is 0.538. The SMILES string of the molecule is COC1CC(Nc2ccc([N+](=O)[O-])cc2Cl)C1(C)C. The number of hydrogen-bond acceptors (Lipinski definition) is 4. The van der Waals surface area contributed by atoms with Crippen molar-refractivity contribution >= 4 is 23.0 Å². The van der Waals surface area contributed by atoms with Gasteiger partial charge < -0.3 is 10.1 Å². The first-order valence-corrected chi connectivity index (χ1v) is 6.47. The lowest BCUT2D eigenvalue weighted by atomic mass is 9.64. The molecular formula is C13H17ClN2O3. The molecule has 0 saturated heterocycles. The summed E-state index contributed by atoms with van der Waals surface area (Å²) in [6.07, 6.45) is 1.12. The van der Waals surface area contributed by atoms with Crippen LogP contribution in [0, 0.1) is 15.5 Å². The minimum Gasteiger partial charge on any atom is -0.381 e. The van der Waals surface area contributed by atoms with Crippen LogP contribution in [0.4, 0.5) is 11.4 Å². The van der Waals surface area contributed by atoms with Crippen LogP contribution in [-0.4, -0.2) is 24.2 Å². The lowest BCUT2D eigenvalue weighted by Gasteiger charge is -2.51. The molecule has 0 bridgehead atoms. The zero-order valence-electron chi connectivity index (χ0n) is 11.1. The molecule has 1 fully saturated rings. The molecule has 1 aromatic carbocycles. The molecule has 6 heteroatoms. The molecule has 104 valence electrons. The molecule has 5 nitrogen and oxygen atoms in total. The summed E-state index contributed by atoms with van der Waals surface area (Å²) < 4.78 is 5.39. The van der Waals surface area contributed by atoms with Gasteiger partial charge in [-0.25, -0.2) is 0 Å². The monoisotopic (exact) mass is 284 g/mol. The Morgan fingerprint density at radius 2 is 2.21 bits per heavy atom. The maximum atomic E-state index is 10.6. The second-order valence-electron chi connectivity index (χ2n) is 5.40. The normalized spacial score (nSPS) is 24.6. The number of nitro groups is 1. The average Bonchev–Trinajstić information content (AvgIpc) is 2.35. The van der Waals surface area contributed by atoms with E-state index in [0.717, 1.165) is 12.1 Å². The third-order valence-corrected chi connectivity index (χ3v) is 4.27. The van der Waals surface area contributed by atoms with Crippen LogP contribution < -0.4 is 5.32 Å². The van der Waals surface area contributed by atoms with E-state index in [-0.39, 0.29) is 23.2 Å². The van der Waals surface area contributed by atoms with Gasteiger partial charge in [0, 0.05) is 30.7 Å². The maximum absolute atomic E-state index is 10.6. The Morgan fingerprint density at radius 3 is 2.68 bits per heavy atom. The van der Waals surface area contributed by atoms with Gasteiger partial charge in [-0.2, -0.15) is 0 Å². The highest BCUT2D eigenvalue weighted by molar-refractivity contribution is 6.33. The molecule has 1 aromatic rings. The predicted octanol–water partition coefficient (Wildman–Crippen LogP) is 3.47. The smallest absolute Gasteiger partial charge is 0.271 e. The molecule has 0 aliphatic heterocycles. The highest BCUT2D eigenvalue weighted by Crippen LogP contribution is 2.44. The quantitative estimate of drug-likeness (QED) is 0.679. The van der Waals surface area contributed by atoms with Crippen LogP contribution in [0.15, 0.2) is 18.2 Å². The molecule has 0 aromatic heterocycles. The Morgan fingerprint density at radius 1 is 1.53 bits per heavy atom. The van der Waals surface area contributed by atoms with E-state index < -0.39 is 4.92 Å². The molecule has 0 amide bonds. The Bertz CT molecular complexity index is 505. The van der Waals surface area contributed by atoms with Crippen molar-refractivity contribution in [3.05, 3.63) is 33.3 Å². The van der Waals surface area contributed by atoms with E-state index >= 15 is 0 Å². The molecule has 1 saturated carbocycles. The highest BCUT2D eigenvalue weighted by Gasteiger charge is 2.48. The van der Waals surface area contributed by atoms with Gasteiger partial charge in [-0.3, -0.25) is 10.1 Å². The fourth-order valence-corrected chi connectivity index (χ4v) is 2.68. The minimum absolute atomic E-state index is 0.00168. The summed E-state index contributed by atoms with van der Waals surface area (Å²) in [4.78, 5) is 10.2. The molecule has 0 heterocycles. The molecule has 1 N–H and O–H groups in total. The molecule has 1 aliphatic carbocycles. The number of anilines is 1. The number of nitrogens with one attached hydrogen (secondary N) is 1. The van der Waals surface area contributed by atoms with Crippen LogP contribution >= 0.6 is 11.6 Å². The molecule has 1 aliphatic rings. The lowest BCUT2D eigenvalue weighted by molar-refractivity contribution is -0.384. The molecule has 0 spiro atoms. The molecule has 2 atom stereocenters. The summed E-state index contributed by atoms with van der Waals surface area (Å²) in [5.74, 6) is 0. The van der Waals surface area contributed by atoms with E-state index in [4.69, 9.17) is 16.3 Å². The van der Waals surface area contributed by atoms with Gasteiger partial charge in [0.1, 0.15) is 0 Å². The summed E-state index contributed by atoms with van der Waals surface area (Å²) in [6.45, 7) is 4.25. The summed E-state index contributed by atoms with van der Waals surface area (Å²) in [6, 6.07) is 4.71. The van der Waals surface area contributed by atoms with Crippen molar-refractivity contribution in [2.45, 2.75) is 32.4 Å². The van der Waals surface area contributed by atoms with Crippen molar-refractivity contribution in [1.82, 2.24) is 0 Å². The second-order valence-corrected chi connectivity index (χ2v) is 5.81. The third-order valence-electron chi connectivity index (χ3n) is 3.96. The molecule has 2 unspecified atom stereocenters. The van der Waals surface area contributed by atoms with E-state index in [1.165, 1.54) is 12.1 Å². The number of halogens is 1. The average molecular weight is 285 g/mol. The summed E-state index contributed by atoms with van der Waals surface area (Å²) in [5.41, 5.74) is 0.734. The van der Waals surface area contributed by atoms with Gasteiger partial charge in [0.2, 0.25) is 0 Å². The second kappa shape index (κ2) is 4.98. The van der Waals surface area contributed by atoms with Crippen molar-refractivity contribution in [3.63, 3.8) is 0 Å². The first kappa shape index (κ1) is 14.1. The third kappa shape index (κ3) is 2.53. The van der Waals surface area contributed by atoms with E-state index in [1.54, 1.807) is 13.2 Å². The van der Waals surface area contributed by atoms with Gasteiger partial charge in [0.25, 0.3) is 5.69 Å². The fourth-order valence-electron chi connectivity index (χ4n) is 2.45. The Balaban J connectivity index is 2.11. The zero-order chi connectivity index (χ0) is 14.2. The topological polar surface area (TPSA) is 64.4 Å². The van der Waals surface area contributed by atoms with Gasteiger partial charge in [0.05, 0.1) is 21.7 Å². The van der Waals surface area contributed by atoms with Crippen LogP contribution in [0.5, 0.6) is 0 Å². The van der Waals surface area contributed by atoms with Crippen LogP contribution in [0.1, 0.15) is 20.3 Å². The van der Waals surface area contributed by atoms with E-state index in [2.05, 4.69) is 19.2 Å². The van der Waals surface area contributed by atoms with Crippen molar-refractivity contribution in [3.8, 4) is 0 Å². The number of non-ortho nitro benzene ring substituents is 1. The lowest BCUT2D eigenvalue weighted by Crippen LogP contribution is -2.57. The van der Waals surface area contributed by atoms with Crippen LogP contribution in [0.2, 0.25) is 5.02 Å². The van der Waals surface area contributed by atoms with Crippen LogP contribution in [0.3, 0.4) is 0 Å². The summed E-state index contributed by atoms with van der Waals surface area (Å²) in [5, 5.41) is 14.3. The summed E-state index contributed by atoms with van der Waals surface area (Å²) in [7, 11) is 1.71. The number of nitro benzene ring substituents is 1. The highest BCUT2D eigenvalue weighted by atomic mass is 35.5. The van der Waals surface area contributed by atoms with E-state index in [1.807, 2.05) is 0 Å². The van der Waals surface area contributed by atoms with Gasteiger partial charge >= 0.3 is 0 Å². The van der Waals surface area contributed by atoms with Gasteiger partial charge in [0.15, 0.2) is 0 Å². The zero-order valence-corrected chi connectivity index (χ0v) is 11.9. The molecule has 19 heavy (non-hydrogen) atoms. The van der Waals surface area contributed by atoms with Gasteiger partial charge in [-0.15, -0.1) is 0 Å². The van der Waals surface area contributed by atoms with Crippen LogP contribution in [-0.2, 0) is 4.74 Å². The molecule has 2 rings (SSSR count). The van der Waals surface area contributed by atoms with Crippen molar-refractivity contribution in [1.29, 1.82) is 0 Å². The first-order chi connectivity index (χ1) is 8.86. The standard InChI is InChI=1S/C13H17ClN2O3/c1-13(2)11(7-12(13)19-3)15-10-5-4-8(16(17)18)6-9(10)14/h4-6,11-12,15H,7H2,1-3H3. The number of rotatable bonds is 4. The Kier molecular flexibility index (Phi) is 3.69. The minimum atomic E-state index is -0.454. The first-order valence-electron chi connectivity index (χ1n) is 6.09. The largest absolute Gasteiger partial charge is 0.381 e. The van der Waals surface area contributed by atoms with Crippen molar-refractivity contribution in [2.75, 3.05) is 12.4 Å². The van der Waals surface area contributed by atoms with Crippen molar-refractivity contribution in [2.24, 2.45) is 5.41 Å². The number of ether oxygens (including phenoxy) is 1. The number of benzene rings is 1. The number of nitrogens with zero attached hydrogens (tertiary/aromatic N) is 1. The molecule has 0 radical (unpaired) electrons. The van der Waals surface area contributed by atoms with Crippen molar-refractivity contribution < 1.29 is 9.66 Å². The molecular weight excluding hydrogens is 268 g/mol. The maximum Gasteiger partial charge on any atom is 0.271 e. The predicted molar refractivity (Wildman–Crippen MR) is 74.7 cm³/mol. The van der Waals surface area contributed by atoms with Crippen LogP contribution in [0.25, 0.3) is 0 Å². The van der Waals surface area contributed by atoms with E-state index in [0.29, 0.717) is 5.02 Å². The summed E-state index contributed by atoms with van der Waals surface area (Å²) >= 11 is 6.06. The number of methoxy groups -OCH3 is 1. The Hall–Kier alpha value is -1.33. The van der Waals surface area contributed by atoms with Gasteiger partial charge in [-0.1, -0.05) is 25.4 Å². The Labute approximate surface area is 117 Å².